The molecule has 2 aromatic rings. The molecule has 11 heteroatoms. The summed E-state index contributed by atoms with van der Waals surface area (Å²) in [5.74, 6) is -1.19. The summed E-state index contributed by atoms with van der Waals surface area (Å²) < 4.78 is 40.0. The predicted octanol–water partition coefficient (Wildman–Crippen LogP) is 4.51. The molecule has 6 nitrogen and oxygen atoms in total. The Hall–Kier alpha value is -2.52. The van der Waals surface area contributed by atoms with Gasteiger partial charge in [-0.3, -0.25) is 9.59 Å². The molecule has 1 N–H and O–H groups in total. The van der Waals surface area contributed by atoms with Gasteiger partial charge in [0.1, 0.15) is 11.9 Å². The highest BCUT2D eigenvalue weighted by Crippen LogP contribution is 2.35. The lowest BCUT2D eigenvalue weighted by Gasteiger charge is -2.38. The smallest absolute Gasteiger partial charge is 0.353 e. The summed E-state index contributed by atoms with van der Waals surface area (Å²) in [7, 11) is 0. The van der Waals surface area contributed by atoms with Gasteiger partial charge in [0.15, 0.2) is 0 Å². The number of nitrogens with one attached hydrogen (secondary N) is 1. The fourth-order valence-electron chi connectivity index (χ4n) is 3.61. The molecular formula is C22H23Cl2F3N4O2. The van der Waals surface area contributed by atoms with E-state index in [4.69, 9.17) is 23.2 Å². The van der Waals surface area contributed by atoms with Crippen LogP contribution in [0.1, 0.15) is 29.8 Å². The number of nitrogens with zero attached hydrogens (tertiary/aromatic N) is 3. The van der Waals surface area contributed by atoms with Crippen LogP contribution in [0.4, 0.5) is 19.0 Å². The van der Waals surface area contributed by atoms with Gasteiger partial charge in [0.25, 0.3) is 5.91 Å². The standard InChI is InChI=1S/C22H23Cl2F3N4O2/c1-13(2)18(29-20(32)15-6-5-14(23)12-17(15)24)21(33)31-10-8-30(9-11-31)19-16(22(25,26)27)4-3-7-28-19/h3-7,12-13,18H,8-11H2,1-2H3,(H,29,32). The molecule has 0 spiro atoms. The number of benzene rings is 1. The Morgan fingerprint density at radius 1 is 1.09 bits per heavy atom. The minimum Gasteiger partial charge on any atom is -0.353 e. The van der Waals surface area contributed by atoms with Crippen molar-refractivity contribution in [3.8, 4) is 0 Å². The van der Waals surface area contributed by atoms with Crippen molar-refractivity contribution in [1.29, 1.82) is 0 Å². The van der Waals surface area contributed by atoms with E-state index >= 15 is 0 Å². The lowest BCUT2D eigenvalue weighted by atomic mass is 10.0. The topological polar surface area (TPSA) is 65.5 Å². The Labute approximate surface area is 199 Å². The highest BCUT2D eigenvalue weighted by molar-refractivity contribution is 6.36. The third-order valence-corrected chi connectivity index (χ3v) is 5.93. The number of pyridine rings is 1. The van der Waals surface area contributed by atoms with Crippen LogP contribution in [0, 0.1) is 5.92 Å². The van der Waals surface area contributed by atoms with E-state index in [0.29, 0.717) is 5.02 Å². The summed E-state index contributed by atoms with van der Waals surface area (Å²) in [6, 6.07) is 5.86. The minimum absolute atomic E-state index is 0.150. The fraction of sp³-hybridized carbons (Fsp3) is 0.409. The van der Waals surface area contributed by atoms with Crippen molar-refractivity contribution in [3.63, 3.8) is 0 Å². The van der Waals surface area contributed by atoms with Gasteiger partial charge in [-0.25, -0.2) is 4.98 Å². The molecule has 2 amide bonds. The zero-order valence-electron chi connectivity index (χ0n) is 18.0. The van der Waals surface area contributed by atoms with Gasteiger partial charge in [0.05, 0.1) is 16.1 Å². The number of amides is 2. The van der Waals surface area contributed by atoms with Gasteiger partial charge in [-0.15, -0.1) is 0 Å². The van der Waals surface area contributed by atoms with Crippen molar-refractivity contribution in [2.45, 2.75) is 26.1 Å². The van der Waals surface area contributed by atoms with Crippen molar-refractivity contribution < 1.29 is 22.8 Å². The zero-order chi connectivity index (χ0) is 24.3. The van der Waals surface area contributed by atoms with E-state index in [1.54, 1.807) is 18.7 Å². The third kappa shape index (κ3) is 5.89. The van der Waals surface area contributed by atoms with E-state index in [-0.39, 0.29) is 54.4 Å². The SMILES string of the molecule is CC(C)C(NC(=O)c1ccc(Cl)cc1Cl)C(=O)N1CCN(c2ncccc2C(F)(F)F)CC1. The molecule has 3 rings (SSSR count). The van der Waals surface area contributed by atoms with Crippen molar-refractivity contribution in [2.24, 2.45) is 5.92 Å². The normalized spacial score (nSPS) is 15.5. The second-order valence-corrected chi connectivity index (χ2v) is 8.85. The molecule has 1 aromatic heterocycles. The molecule has 1 aromatic carbocycles. The molecule has 0 bridgehead atoms. The van der Waals surface area contributed by atoms with Crippen molar-refractivity contribution in [1.82, 2.24) is 15.2 Å². The minimum atomic E-state index is -4.52. The van der Waals surface area contributed by atoms with Crippen molar-refractivity contribution >= 4 is 40.8 Å². The second kappa shape index (κ2) is 10.2. The first-order chi connectivity index (χ1) is 15.5. The van der Waals surface area contributed by atoms with E-state index in [9.17, 15) is 22.8 Å². The molecule has 0 aliphatic carbocycles. The Morgan fingerprint density at radius 3 is 2.33 bits per heavy atom. The highest BCUT2D eigenvalue weighted by atomic mass is 35.5. The first-order valence-electron chi connectivity index (χ1n) is 10.3. The molecule has 1 atom stereocenters. The average Bonchev–Trinajstić information content (AvgIpc) is 2.76. The number of rotatable bonds is 5. The number of halogens is 5. The number of carbonyl (C=O) groups is 2. The van der Waals surface area contributed by atoms with Crippen molar-refractivity contribution in [2.75, 3.05) is 31.1 Å². The van der Waals surface area contributed by atoms with Crippen LogP contribution in [0.5, 0.6) is 0 Å². The van der Waals surface area contributed by atoms with E-state index in [2.05, 4.69) is 10.3 Å². The Kier molecular flexibility index (Phi) is 7.74. The molecule has 1 unspecified atom stereocenters. The summed E-state index contributed by atoms with van der Waals surface area (Å²) >= 11 is 12.0. The molecule has 1 fully saturated rings. The molecule has 1 aliphatic heterocycles. The third-order valence-electron chi connectivity index (χ3n) is 5.38. The number of anilines is 1. The molecule has 0 saturated carbocycles. The molecule has 2 heterocycles. The van der Waals surface area contributed by atoms with Gasteiger partial charge in [0, 0.05) is 37.4 Å². The lowest BCUT2D eigenvalue weighted by Crippen LogP contribution is -2.56. The van der Waals surface area contributed by atoms with Crippen molar-refractivity contribution in [3.05, 3.63) is 57.7 Å². The van der Waals surface area contributed by atoms with E-state index in [0.717, 1.165) is 6.07 Å². The summed E-state index contributed by atoms with van der Waals surface area (Å²) in [6.45, 7) is 4.38. The number of hydrogen-bond donors (Lipinski definition) is 1. The van der Waals surface area contributed by atoms with Crippen LogP contribution in [0.2, 0.25) is 10.0 Å². The molecular weight excluding hydrogens is 480 g/mol. The van der Waals surface area contributed by atoms with E-state index in [1.165, 1.54) is 35.4 Å². The number of carbonyl (C=O) groups excluding carboxylic acids is 2. The quantitative estimate of drug-likeness (QED) is 0.653. The van der Waals surface area contributed by atoms with Crippen LogP contribution < -0.4 is 10.2 Å². The number of piperazine rings is 1. The maximum absolute atomic E-state index is 13.3. The maximum atomic E-state index is 13.3. The van der Waals surface area contributed by atoms with Gasteiger partial charge < -0.3 is 15.1 Å². The lowest BCUT2D eigenvalue weighted by molar-refractivity contribution is -0.138. The predicted molar refractivity (Wildman–Crippen MR) is 121 cm³/mol. The average molecular weight is 503 g/mol. The zero-order valence-corrected chi connectivity index (χ0v) is 19.5. The highest BCUT2D eigenvalue weighted by Gasteiger charge is 2.37. The summed E-state index contributed by atoms with van der Waals surface area (Å²) in [5, 5.41) is 3.28. The van der Waals surface area contributed by atoms with Crippen LogP contribution >= 0.6 is 23.2 Å². The fourth-order valence-corrected chi connectivity index (χ4v) is 4.11. The van der Waals surface area contributed by atoms with Crippen LogP contribution in [0.25, 0.3) is 0 Å². The van der Waals surface area contributed by atoms with Gasteiger partial charge in [-0.05, 0) is 36.2 Å². The Balaban J connectivity index is 1.69. The molecule has 33 heavy (non-hydrogen) atoms. The Morgan fingerprint density at radius 2 is 1.76 bits per heavy atom. The monoisotopic (exact) mass is 502 g/mol. The van der Waals surface area contributed by atoms with Gasteiger partial charge in [-0.1, -0.05) is 37.0 Å². The number of alkyl halides is 3. The molecule has 0 radical (unpaired) electrons. The molecule has 1 aliphatic rings. The molecule has 1 saturated heterocycles. The first-order valence-corrected chi connectivity index (χ1v) is 11.1. The summed E-state index contributed by atoms with van der Waals surface area (Å²) in [5.41, 5.74) is -0.615. The largest absolute Gasteiger partial charge is 0.419 e. The van der Waals surface area contributed by atoms with Gasteiger partial charge >= 0.3 is 6.18 Å². The van der Waals surface area contributed by atoms with E-state index < -0.39 is 23.7 Å². The maximum Gasteiger partial charge on any atom is 0.419 e. The number of hydrogen-bond acceptors (Lipinski definition) is 4. The van der Waals surface area contributed by atoms with Crippen LogP contribution in [-0.4, -0.2) is 53.9 Å². The van der Waals surface area contributed by atoms with Crippen LogP contribution in [-0.2, 0) is 11.0 Å². The molecule has 178 valence electrons. The summed E-state index contributed by atoms with van der Waals surface area (Å²) in [6.07, 6.45) is -3.21. The van der Waals surface area contributed by atoms with Crippen LogP contribution in [0.15, 0.2) is 36.5 Å². The Bertz CT molecular complexity index is 1020. The van der Waals surface area contributed by atoms with Gasteiger partial charge in [-0.2, -0.15) is 13.2 Å². The summed E-state index contributed by atoms with van der Waals surface area (Å²) in [4.78, 5) is 32.8. The first kappa shape index (κ1) is 25.1. The van der Waals surface area contributed by atoms with Gasteiger partial charge in [0.2, 0.25) is 5.91 Å². The van der Waals surface area contributed by atoms with E-state index in [1.807, 2.05) is 0 Å². The van der Waals surface area contributed by atoms with Crippen LogP contribution in [0.3, 0.4) is 0 Å². The number of aromatic nitrogens is 1. The second-order valence-electron chi connectivity index (χ2n) is 8.00.